The lowest BCUT2D eigenvalue weighted by molar-refractivity contribution is 0.102. The Balaban J connectivity index is 1.31. The van der Waals surface area contributed by atoms with E-state index in [9.17, 15) is 4.79 Å². The molecule has 2 aliphatic heterocycles. The molecule has 1 amide bonds. The Morgan fingerprint density at radius 3 is 2.68 bits per heavy atom. The van der Waals surface area contributed by atoms with Crippen molar-refractivity contribution < 1.29 is 14.3 Å². The summed E-state index contributed by atoms with van der Waals surface area (Å²) < 4.78 is 11.0. The second-order valence-corrected chi connectivity index (χ2v) is 6.62. The van der Waals surface area contributed by atoms with Crippen LogP contribution in [0.2, 0.25) is 0 Å². The summed E-state index contributed by atoms with van der Waals surface area (Å²) in [5, 5.41) is 11.2. The van der Waals surface area contributed by atoms with Gasteiger partial charge in [0.25, 0.3) is 5.91 Å². The predicted molar refractivity (Wildman–Crippen MR) is 105 cm³/mol. The number of carbonyl (C=O) groups is 1. The van der Waals surface area contributed by atoms with Crippen molar-refractivity contribution in [1.29, 1.82) is 0 Å². The Labute approximate surface area is 161 Å². The molecule has 7 nitrogen and oxygen atoms in total. The summed E-state index contributed by atoms with van der Waals surface area (Å²) in [6.07, 6.45) is 0.976. The molecule has 2 aromatic carbocycles. The molecule has 5 rings (SSSR count). The molecule has 0 radical (unpaired) electrons. The van der Waals surface area contributed by atoms with E-state index >= 15 is 0 Å². The first kappa shape index (κ1) is 16.6. The fourth-order valence-electron chi connectivity index (χ4n) is 3.48. The van der Waals surface area contributed by atoms with Crippen molar-refractivity contribution in [3.8, 4) is 11.5 Å². The van der Waals surface area contributed by atoms with Gasteiger partial charge in [-0.25, -0.2) is 0 Å². The van der Waals surface area contributed by atoms with Gasteiger partial charge in [-0.1, -0.05) is 18.2 Å². The topological polar surface area (TPSA) is 76.6 Å². The van der Waals surface area contributed by atoms with Gasteiger partial charge >= 0.3 is 0 Å². The number of amides is 1. The normalized spacial score (nSPS) is 14.5. The highest BCUT2D eigenvalue weighted by Gasteiger charge is 2.21. The number of nitrogens with zero attached hydrogens (tertiary/aromatic N) is 3. The Bertz CT molecular complexity index is 1040. The van der Waals surface area contributed by atoms with Crippen molar-refractivity contribution in [3.63, 3.8) is 0 Å². The van der Waals surface area contributed by atoms with Crippen molar-refractivity contribution in [3.05, 3.63) is 65.9 Å². The van der Waals surface area contributed by atoms with Crippen molar-refractivity contribution in [2.24, 2.45) is 0 Å². The third-order valence-electron chi connectivity index (χ3n) is 4.85. The maximum atomic E-state index is 12.5. The van der Waals surface area contributed by atoms with Crippen LogP contribution in [-0.4, -0.2) is 35.9 Å². The molecule has 0 saturated carbocycles. The quantitative estimate of drug-likeness (QED) is 0.759. The number of fused-ring (bicyclic) bond motifs is 2. The van der Waals surface area contributed by atoms with Crippen LogP contribution >= 0.6 is 0 Å². The molecule has 0 bridgehead atoms. The van der Waals surface area contributed by atoms with E-state index in [1.807, 2.05) is 18.2 Å². The van der Waals surface area contributed by atoms with E-state index in [0.29, 0.717) is 30.4 Å². The van der Waals surface area contributed by atoms with Gasteiger partial charge in [-0.2, -0.15) is 0 Å². The van der Waals surface area contributed by atoms with E-state index in [0.717, 1.165) is 24.5 Å². The first-order chi connectivity index (χ1) is 13.8. The lowest BCUT2D eigenvalue weighted by Crippen LogP contribution is -2.19. The number of aromatic nitrogens is 2. The van der Waals surface area contributed by atoms with Crippen LogP contribution in [0.5, 0.6) is 11.5 Å². The van der Waals surface area contributed by atoms with E-state index in [1.165, 1.54) is 5.56 Å². The molecule has 0 atom stereocenters. The number of carbonyl (C=O) groups excluding carboxylic acids is 1. The molecule has 0 unspecified atom stereocenters. The van der Waals surface area contributed by atoms with Gasteiger partial charge in [-0.05, 0) is 42.3 Å². The number of hydrogen-bond acceptors (Lipinski definition) is 6. The van der Waals surface area contributed by atoms with E-state index < -0.39 is 0 Å². The highest BCUT2D eigenvalue weighted by atomic mass is 16.6. The summed E-state index contributed by atoms with van der Waals surface area (Å²) in [7, 11) is 0. The highest BCUT2D eigenvalue weighted by molar-refractivity contribution is 6.03. The summed E-state index contributed by atoms with van der Waals surface area (Å²) >= 11 is 0. The van der Waals surface area contributed by atoms with Crippen LogP contribution in [0.4, 0.5) is 17.2 Å². The summed E-state index contributed by atoms with van der Waals surface area (Å²) in [4.78, 5) is 14.6. The average Bonchev–Trinajstić information content (AvgIpc) is 3.18. The zero-order valence-electron chi connectivity index (χ0n) is 15.1. The number of nitrogens with one attached hydrogen (secondary N) is 1. The molecule has 0 fully saturated rings. The lowest BCUT2D eigenvalue weighted by atomic mass is 10.2. The average molecular weight is 374 g/mol. The van der Waals surface area contributed by atoms with Gasteiger partial charge in [-0.3, -0.25) is 4.79 Å². The van der Waals surface area contributed by atoms with Crippen molar-refractivity contribution >= 4 is 23.1 Å². The molecule has 1 aromatic heterocycles. The minimum Gasteiger partial charge on any atom is -0.486 e. The van der Waals surface area contributed by atoms with E-state index in [4.69, 9.17) is 9.47 Å². The molecule has 0 aliphatic carbocycles. The molecule has 0 spiro atoms. The second kappa shape index (κ2) is 6.84. The minimum atomic E-state index is -0.322. The van der Waals surface area contributed by atoms with E-state index in [-0.39, 0.29) is 11.6 Å². The Kier molecular flexibility index (Phi) is 4.05. The smallest absolute Gasteiger partial charge is 0.276 e. The number of rotatable bonds is 3. The summed E-state index contributed by atoms with van der Waals surface area (Å²) in [5.41, 5.74) is 3.31. The molecule has 7 heteroatoms. The van der Waals surface area contributed by atoms with E-state index in [2.05, 4.69) is 32.5 Å². The highest BCUT2D eigenvalue weighted by Crippen LogP contribution is 2.34. The molecule has 2 aliphatic rings. The SMILES string of the molecule is O=C(Nc1ccc2c(c1)OCCO2)c1ccc(N2CCc3ccccc32)nn1. The first-order valence-corrected chi connectivity index (χ1v) is 9.18. The molecular formula is C21H18N4O3. The number of para-hydroxylation sites is 1. The molecule has 3 heterocycles. The van der Waals surface area contributed by atoms with Gasteiger partial charge < -0.3 is 19.7 Å². The van der Waals surface area contributed by atoms with Gasteiger partial charge in [0.1, 0.15) is 13.2 Å². The van der Waals surface area contributed by atoms with Crippen LogP contribution in [0.15, 0.2) is 54.6 Å². The van der Waals surface area contributed by atoms with Crippen LogP contribution in [0.1, 0.15) is 16.1 Å². The minimum absolute atomic E-state index is 0.256. The molecule has 1 N–H and O–H groups in total. The Hall–Kier alpha value is -3.61. The number of hydrogen-bond donors (Lipinski definition) is 1. The maximum absolute atomic E-state index is 12.5. The van der Waals surface area contributed by atoms with Crippen molar-refractivity contribution in [1.82, 2.24) is 10.2 Å². The largest absolute Gasteiger partial charge is 0.486 e. The molecule has 140 valence electrons. The van der Waals surface area contributed by atoms with Crippen molar-refractivity contribution in [2.75, 3.05) is 30.0 Å². The maximum Gasteiger partial charge on any atom is 0.276 e. The zero-order chi connectivity index (χ0) is 18.9. The Morgan fingerprint density at radius 2 is 1.82 bits per heavy atom. The van der Waals surface area contributed by atoms with Crippen LogP contribution in [-0.2, 0) is 6.42 Å². The van der Waals surface area contributed by atoms with Crippen LogP contribution in [0, 0.1) is 0 Å². The van der Waals surface area contributed by atoms with E-state index in [1.54, 1.807) is 24.3 Å². The van der Waals surface area contributed by atoms with Crippen LogP contribution in [0.25, 0.3) is 0 Å². The summed E-state index contributed by atoms with van der Waals surface area (Å²) in [6.45, 7) is 1.88. The molecule has 3 aromatic rings. The van der Waals surface area contributed by atoms with Crippen LogP contribution < -0.4 is 19.7 Å². The first-order valence-electron chi connectivity index (χ1n) is 9.18. The lowest BCUT2D eigenvalue weighted by Gasteiger charge is -2.19. The monoisotopic (exact) mass is 374 g/mol. The summed E-state index contributed by atoms with van der Waals surface area (Å²) in [6, 6.07) is 17.1. The summed E-state index contributed by atoms with van der Waals surface area (Å²) in [5.74, 6) is 1.72. The second-order valence-electron chi connectivity index (χ2n) is 6.62. The van der Waals surface area contributed by atoms with Gasteiger partial charge in [0.2, 0.25) is 0 Å². The van der Waals surface area contributed by atoms with Crippen LogP contribution in [0.3, 0.4) is 0 Å². The fraction of sp³-hybridized carbons (Fsp3) is 0.190. The number of benzene rings is 2. The van der Waals surface area contributed by atoms with Crippen molar-refractivity contribution in [2.45, 2.75) is 6.42 Å². The third kappa shape index (κ3) is 3.00. The standard InChI is InChI=1S/C21H18N4O3/c26-21(22-15-5-7-18-19(13-15)28-12-11-27-18)16-6-8-20(24-23-16)25-10-9-14-3-1-2-4-17(14)25/h1-8,13H,9-12H2,(H,22,26). The molecule has 0 saturated heterocycles. The predicted octanol–water partition coefficient (Wildman–Crippen LogP) is 3.19. The van der Waals surface area contributed by atoms with Gasteiger partial charge in [0.15, 0.2) is 23.0 Å². The fourth-order valence-corrected chi connectivity index (χ4v) is 3.48. The zero-order valence-corrected chi connectivity index (χ0v) is 15.1. The van der Waals surface area contributed by atoms with Gasteiger partial charge in [0, 0.05) is 24.0 Å². The number of anilines is 3. The third-order valence-corrected chi connectivity index (χ3v) is 4.85. The molecular weight excluding hydrogens is 356 g/mol. The molecule has 28 heavy (non-hydrogen) atoms. The van der Waals surface area contributed by atoms with Gasteiger partial charge in [-0.15, -0.1) is 10.2 Å². The number of ether oxygens (including phenoxy) is 2. The van der Waals surface area contributed by atoms with Gasteiger partial charge in [0.05, 0.1) is 0 Å². The Morgan fingerprint density at radius 1 is 0.964 bits per heavy atom.